The van der Waals surface area contributed by atoms with Crippen LogP contribution in [0.2, 0.25) is 0 Å². The van der Waals surface area contributed by atoms with Crippen LogP contribution in [0.3, 0.4) is 0 Å². The first-order chi connectivity index (χ1) is 8.20. The maximum atomic E-state index is 11.9. The van der Waals surface area contributed by atoms with Crippen LogP contribution in [0, 0.1) is 0 Å². The summed E-state index contributed by atoms with van der Waals surface area (Å²) in [5, 5.41) is 3.21. The number of nitrogens with one attached hydrogen (secondary N) is 1. The van der Waals surface area contributed by atoms with Crippen molar-refractivity contribution in [1.29, 1.82) is 0 Å². The summed E-state index contributed by atoms with van der Waals surface area (Å²) < 4.78 is 6.01. The van der Waals surface area contributed by atoms with Crippen LogP contribution >= 0.6 is 15.9 Å². The van der Waals surface area contributed by atoms with Crippen molar-refractivity contribution in [2.24, 2.45) is 0 Å². The van der Waals surface area contributed by atoms with Crippen molar-refractivity contribution < 1.29 is 9.53 Å². The van der Waals surface area contributed by atoms with E-state index < -0.39 is 6.04 Å². The van der Waals surface area contributed by atoms with Gasteiger partial charge in [0.2, 0.25) is 0 Å². The maximum absolute atomic E-state index is 11.9. The van der Waals surface area contributed by atoms with Crippen LogP contribution in [0.15, 0.2) is 28.7 Å². The van der Waals surface area contributed by atoms with Crippen molar-refractivity contribution in [3.8, 4) is 0 Å². The number of hydrogen-bond donors (Lipinski definition) is 1. The minimum atomic E-state index is -0.398. The van der Waals surface area contributed by atoms with Gasteiger partial charge in [0.1, 0.15) is 6.04 Å². The molecule has 0 radical (unpaired) electrons. The Balaban J connectivity index is 2.89. The Morgan fingerprint density at radius 2 is 2.12 bits per heavy atom. The number of ether oxygens (including phenoxy) is 1. The molecule has 1 atom stereocenters. The third-order valence-electron chi connectivity index (χ3n) is 2.34. The Labute approximate surface area is 111 Å². The number of esters is 1. The summed E-state index contributed by atoms with van der Waals surface area (Å²) in [5.74, 6) is -0.229. The zero-order valence-corrected chi connectivity index (χ0v) is 11.8. The Hall–Kier alpha value is -0.870. The predicted octanol–water partition coefficient (Wildman–Crippen LogP) is 3.05. The van der Waals surface area contributed by atoms with Crippen molar-refractivity contribution in [2.45, 2.75) is 26.3 Å². The highest BCUT2D eigenvalue weighted by Gasteiger charge is 2.22. The first kappa shape index (κ1) is 14.2. The van der Waals surface area contributed by atoms with Gasteiger partial charge in [0.25, 0.3) is 0 Å². The third-order valence-corrected chi connectivity index (χ3v) is 3.06. The fourth-order valence-electron chi connectivity index (χ4n) is 1.54. The van der Waals surface area contributed by atoms with Crippen LogP contribution < -0.4 is 5.32 Å². The van der Waals surface area contributed by atoms with Gasteiger partial charge < -0.3 is 10.1 Å². The Morgan fingerprint density at radius 3 is 2.71 bits per heavy atom. The first-order valence-corrected chi connectivity index (χ1v) is 6.64. The molecule has 0 aliphatic carbocycles. The van der Waals surface area contributed by atoms with Crippen molar-refractivity contribution >= 4 is 21.9 Å². The molecule has 0 spiro atoms. The highest BCUT2D eigenvalue weighted by molar-refractivity contribution is 9.10. The molecule has 94 valence electrons. The van der Waals surface area contributed by atoms with Gasteiger partial charge >= 0.3 is 5.97 Å². The van der Waals surface area contributed by atoms with E-state index in [0.717, 1.165) is 23.0 Å². The quantitative estimate of drug-likeness (QED) is 0.821. The lowest BCUT2D eigenvalue weighted by molar-refractivity contribution is -0.145. The van der Waals surface area contributed by atoms with Crippen LogP contribution in [0.4, 0.5) is 0 Å². The van der Waals surface area contributed by atoms with Gasteiger partial charge in [0.05, 0.1) is 6.61 Å². The summed E-state index contributed by atoms with van der Waals surface area (Å²) in [4.78, 5) is 11.9. The zero-order valence-electron chi connectivity index (χ0n) is 10.2. The number of rotatable bonds is 6. The first-order valence-electron chi connectivity index (χ1n) is 5.85. The monoisotopic (exact) mass is 299 g/mol. The van der Waals surface area contributed by atoms with E-state index in [1.807, 2.05) is 31.2 Å². The molecule has 3 nitrogen and oxygen atoms in total. The van der Waals surface area contributed by atoms with E-state index >= 15 is 0 Å². The maximum Gasteiger partial charge on any atom is 0.327 e. The molecule has 0 saturated heterocycles. The standard InChI is InChI=1S/C13H18BrNO2/c1-3-9-15-12(13(16)17-4-2)10-7-5-6-8-11(10)14/h5-8,12,15H,3-4,9H2,1-2H3. The number of hydrogen-bond acceptors (Lipinski definition) is 3. The number of halogens is 1. The van der Waals surface area contributed by atoms with E-state index in [-0.39, 0.29) is 5.97 Å². The molecule has 4 heteroatoms. The Bertz CT molecular complexity index is 368. The average Bonchev–Trinajstić information content (AvgIpc) is 2.32. The Kier molecular flexibility index (Phi) is 6.22. The lowest BCUT2D eigenvalue weighted by Crippen LogP contribution is -2.31. The minimum Gasteiger partial charge on any atom is -0.465 e. The molecule has 1 rings (SSSR count). The summed E-state index contributed by atoms with van der Waals surface area (Å²) in [7, 11) is 0. The lowest BCUT2D eigenvalue weighted by atomic mass is 10.1. The Morgan fingerprint density at radius 1 is 1.41 bits per heavy atom. The van der Waals surface area contributed by atoms with Crippen molar-refractivity contribution in [3.05, 3.63) is 34.3 Å². The molecule has 0 bridgehead atoms. The predicted molar refractivity (Wildman–Crippen MR) is 71.8 cm³/mol. The average molecular weight is 300 g/mol. The second kappa shape index (κ2) is 7.45. The van der Waals surface area contributed by atoms with E-state index in [9.17, 15) is 4.79 Å². The summed E-state index contributed by atoms with van der Waals surface area (Å²) in [6, 6.07) is 7.30. The smallest absolute Gasteiger partial charge is 0.327 e. The highest BCUT2D eigenvalue weighted by Crippen LogP contribution is 2.24. The van der Waals surface area contributed by atoms with Gasteiger partial charge in [-0.3, -0.25) is 0 Å². The molecule has 0 heterocycles. The van der Waals surface area contributed by atoms with Crippen molar-refractivity contribution in [3.63, 3.8) is 0 Å². The zero-order chi connectivity index (χ0) is 12.7. The summed E-state index contributed by atoms with van der Waals surface area (Å²) in [6.45, 7) is 5.06. The van der Waals surface area contributed by atoms with Gasteiger partial charge in [-0.2, -0.15) is 0 Å². The van der Waals surface area contributed by atoms with Gasteiger partial charge in [0, 0.05) is 4.47 Å². The summed E-state index contributed by atoms with van der Waals surface area (Å²) in [5.41, 5.74) is 0.916. The largest absolute Gasteiger partial charge is 0.465 e. The fraction of sp³-hybridized carbons (Fsp3) is 0.462. The van der Waals surface area contributed by atoms with E-state index in [1.54, 1.807) is 0 Å². The molecule has 1 N–H and O–H groups in total. The van der Waals surface area contributed by atoms with Crippen molar-refractivity contribution in [1.82, 2.24) is 5.32 Å². The fourth-order valence-corrected chi connectivity index (χ4v) is 2.06. The number of carbonyl (C=O) groups is 1. The normalized spacial score (nSPS) is 12.2. The van der Waals surface area contributed by atoms with Crippen molar-refractivity contribution in [2.75, 3.05) is 13.2 Å². The van der Waals surface area contributed by atoms with Gasteiger partial charge in [-0.15, -0.1) is 0 Å². The second-order valence-corrected chi connectivity index (χ2v) is 4.52. The third kappa shape index (κ3) is 4.13. The van der Waals surface area contributed by atoms with E-state index in [1.165, 1.54) is 0 Å². The van der Waals surface area contributed by atoms with E-state index in [2.05, 4.69) is 28.2 Å². The van der Waals surface area contributed by atoms with Gasteiger partial charge in [-0.05, 0) is 31.5 Å². The second-order valence-electron chi connectivity index (χ2n) is 3.66. The molecule has 0 amide bonds. The molecular formula is C13H18BrNO2. The molecule has 0 saturated carbocycles. The molecule has 0 fully saturated rings. The van der Waals surface area contributed by atoms with Gasteiger partial charge in [0.15, 0.2) is 0 Å². The molecule has 0 aromatic heterocycles. The molecular weight excluding hydrogens is 282 g/mol. The van der Waals surface area contributed by atoms with Crippen LogP contribution in [-0.2, 0) is 9.53 Å². The summed E-state index contributed by atoms with van der Waals surface area (Å²) >= 11 is 3.46. The van der Waals surface area contributed by atoms with E-state index in [0.29, 0.717) is 6.61 Å². The number of carbonyl (C=O) groups excluding carboxylic acids is 1. The van der Waals surface area contributed by atoms with E-state index in [4.69, 9.17) is 4.74 Å². The summed E-state index contributed by atoms with van der Waals surface area (Å²) in [6.07, 6.45) is 0.973. The molecule has 1 aromatic rings. The van der Waals surface area contributed by atoms with Crippen LogP contribution in [0.25, 0.3) is 0 Å². The molecule has 17 heavy (non-hydrogen) atoms. The lowest BCUT2D eigenvalue weighted by Gasteiger charge is -2.18. The van der Waals surface area contributed by atoms with Gasteiger partial charge in [-0.25, -0.2) is 4.79 Å². The topological polar surface area (TPSA) is 38.3 Å². The molecule has 0 aliphatic rings. The molecule has 1 aromatic carbocycles. The van der Waals surface area contributed by atoms with Gasteiger partial charge in [-0.1, -0.05) is 41.1 Å². The minimum absolute atomic E-state index is 0.229. The molecule has 0 aliphatic heterocycles. The number of benzene rings is 1. The highest BCUT2D eigenvalue weighted by atomic mass is 79.9. The van der Waals surface area contributed by atoms with Crippen LogP contribution in [-0.4, -0.2) is 19.1 Å². The van der Waals surface area contributed by atoms with Crippen LogP contribution in [0.1, 0.15) is 31.9 Å². The van der Waals surface area contributed by atoms with Crippen LogP contribution in [0.5, 0.6) is 0 Å². The molecule has 1 unspecified atom stereocenters. The SMILES string of the molecule is CCCNC(C(=O)OCC)c1ccccc1Br.